The fourth-order valence-electron chi connectivity index (χ4n) is 1.22. The Hall–Kier alpha value is -1.69. The molecular formula is C8H11N5O. The zero-order valence-electron chi connectivity index (χ0n) is 8.06. The summed E-state index contributed by atoms with van der Waals surface area (Å²) in [5.74, 6) is 0.674. The molecule has 0 fully saturated rings. The van der Waals surface area contributed by atoms with Crippen molar-refractivity contribution in [3.63, 3.8) is 0 Å². The summed E-state index contributed by atoms with van der Waals surface area (Å²) in [6.45, 7) is 0.655. The van der Waals surface area contributed by atoms with Crippen molar-refractivity contribution >= 4 is 0 Å². The van der Waals surface area contributed by atoms with Crippen molar-refractivity contribution in [2.24, 2.45) is 7.05 Å². The van der Waals surface area contributed by atoms with Crippen molar-refractivity contribution in [3.8, 4) is 11.5 Å². The third kappa shape index (κ3) is 1.51. The van der Waals surface area contributed by atoms with Gasteiger partial charge in [-0.3, -0.25) is 4.68 Å². The molecule has 14 heavy (non-hydrogen) atoms. The first-order valence-corrected chi connectivity index (χ1v) is 4.25. The van der Waals surface area contributed by atoms with Crippen LogP contribution < -0.4 is 5.32 Å². The van der Waals surface area contributed by atoms with E-state index in [1.807, 2.05) is 14.1 Å². The molecule has 0 saturated heterocycles. The number of nitrogens with zero attached hydrogens (tertiary/aromatic N) is 4. The second kappa shape index (κ2) is 3.59. The minimum Gasteiger partial charge on any atom is -0.441 e. The van der Waals surface area contributed by atoms with E-state index in [0.29, 0.717) is 18.0 Å². The number of hydrogen-bond donors (Lipinski definition) is 1. The van der Waals surface area contributed by atoms with Crippen molar-refractivity contribution in [1.82, 2.24) is 25.3 Å². The van der Waals surface area contributed by atoms with E-state index >= 15 is 0 Å². The van der Waals surface area contributed by atoms with Gasteiger partial charge < -0.3 is 9.73 Å². The van der Waals surface area contributed by atoms with Crippen LogP contribution in [0.15, 0.2) is 17.0 Å². The molecule has 0 aliphatic rings. The summed E-state index contributed by atoms with van der Waals surface area (Å²) in [6, 6.07) is 0. The highest BCUT2D eigenvalue weighted by Crippen LogP contribution is 2.19. The van der Waals surface area contributed by atoms with Crippen LogP contribution in [0.2, 0.25) is 0 Å². The molecule has 0 aliphatic heterocycles. The lowest BCUT2D eigenvalue weighted by Crippen LogP contribution is -2.06. The average Bonchev–Trinajstić information content (AvgIpc) is 2.74. The monoisotopic (exact) mass is 193 g/mol. The van der Waals surface area contributed by atoms with E-state index < -0.39 is 0 Å². The smallest absolute Gasteiger partial charge is 0.181 e. The van der Waals surface area contributed by atoms with Crippen LogP contribution in [0.5, 0.6) is 0 Å². The summed E-state index contributed by atoms with van der Waals surface area (Å²) in [4.78, 5) is 4.09. The van der Waals surface area contributed by atoms with Crippen LogP contribution in [0.25, 0.3) is 11.5 Å². The third-order valence-electron chi connectivity index (χ3n) is 1.82. The summed E-state index contributed by atoms with van der Waals surface area (Å²) in [7, 11) is 3.67. The van der Waals surface area contributed by atoms with E-state index in [1.165, 1.54) is 6.39 Å². The van der Waals surface area contributed by atoms with Gasteiger partial charge >= 0.3 is 0 Å². The van der Waals surface area contributed by atoms with Crippen molar-refractivity contribution in [2.45, 2.75) is 6.54 Å². The quantitative estimate of drug-likeness (QED) is 0.753. The van der Waals surface area contributed by atoms with Crippen LogP contribution in [0.3, 0.4) is 0 Å². The van der Waals surface area contributed by atoms with Crippen molar-refractivity contribution in [2.75, 3.05) is 7.05 Å². The average molecular weight is 193 g/mol. The lowest BCUT2D eigenvalue weighted by molar-refractivity contribution is 0.568. The van der Waals surface area contributed by atoms with Crippen LogP contribution in [0.4, 0.5) is 0 Å². The van der Waals surface area contributed by atoms with E-state index in [-0.39, 0.29) is 0 Å². The Balaban J connectivity index is 2.36. The maximum Gasteiger partial charge on any atom is 0.181 e. The van der Waals surface area contributed by atoms with Crippen LogP contribution in [-0.4, -0.2) is 27.0 Å². The summed E-state index contributed by atoms with van der Waals surface area (Å²) >= 11 is 0. The predicted molar refractivity (Wildman–Crippen MR) is 49.3 cm³/mol. The van der Waals surface area contributed by atoms with E-state index in [0.717, 1.165) is 5.69 Å². The fourth-order valence-corrected chi connectivity index (χ4v) is 1.22. The Labute approximate surface area is 80.9 Å². The fraction of sp³-hybridized carbons (Fsp3) is 0.375. The van der Waals surface area contributed by atoms with Gasteiger partial charge in [-0.15, -0.1) is 5.10 Å². The normalized spacial score (nSPS) is 10.7. The first kappa shape index (κ1) is 8.89. The van der Waals surface area contributed by atoms with E-state index in [2.05, 4.69) is 20.6 Å². The Morgan fingerprint density at radius 1 is 1.57 bits per heavy atom. The molecule has 0 radical (unpaired) electrons. The Morgan fingerprint density at radius 2 is 2.43 bits per heavy atom. The molecule has 6 nitrogen and oxygen atoms in total. The second-order valence-electron chi connectivity index (χ2n) is 2.94. The highest BCUT2D eigenvalue weighted by atomic mass is 16.3. The number of hydrogen-bond acceptors (Lipinski definition) is 5. The molecule has 0 unspecified atom stereocenters. The molecule has 6 heteroatoms. The van der Waals surface area contributed by atoms with Gasteiger partial charge in [-0.05, 0) is 7.05 Å². The minimum absolute atomic E-state index is 0.655. The topological polar surface area (TPSA) is 68.8 Å². The third-order valence-corrected chi connectivity index (χ3v) is 1.82. The number of rotatable bonds is 3. The van der Waals surface area contributed by atoms with E-state index in [1.54, 1.807) is 10.9 Å². The van der Waals surface area contributed by atoms with Crippen molar-refractivity contribution in [1.29, 1.82) is 0 Å². The van der Waals surface area contributed by atoms with Crippen LogP contribution in [0, 0.1) is 0 Å². The lowest BCUT2D eigenvalue weighted by Gasteiger charge is -1.95. The zero-order chi connectivity index (χ0) is 9.97. The van der Waals surface area contributed by atoms with Gasteiger partial charge in [0.25, 0.3) is 0 Å². The van der Waals surface area contributed by atoms with Gasteiger partial charge in [-0.2, -0.15) is 0 Å². The molecule has 2 rings (SSSR count). The Morgan fingerprint density at radius 3 is 3.07 bits per heavy atom. The molecule has 0 spiro atoms. The predicted octanol–water partition coefficient (Wildman–Crippen LogP) is 0.189. The number of oxazole rings is 1. The van der Waals surface area contributed by atoms with Crippen LogP contribution in [0.1, 0.15) is 5.69 Å². The molecular weight excluding hydrogens is 182 g/mol. The van der Waals surface area contributed by atoms with E-state index in [9.17, 15) is 0 Å². The molecule has 2 heterocycles. The Kier molecular flexibility index (Phi) is 2.28. The highest BCUT2D eigenvalue weighted by molar-refractivity contribution is 5.52. The first-order chi connectivity index (χ1) is 6.81. The standard InChI is InChI=1S/C8H11N5O/c1-9-3-6-8(14-5-10-6)7-4-13(2)12-11-7/h4-5,9H,3H2,1-2H3. The summed E-state index contributed by atoms with van der Waals surface area (Å²) in [6.07, 6.45) is 3.20. The molecule has 0 amide bonds. The molecule has 0 atom stereocenters. The first-order valence-electron chi connectivity index (χ1n) is 4.25. The van der Waals surface area contributed by atoms with Crippen molar-refractivity contribution in [3.05, 3.63) is 18.3 Å². The highest BCUT2D eigenvalue weighted by Gasteiger charge is 2.12. The molecule has 0 saturated carbocycles. The summed E-state index contributed by atoms with van der Waals surface area (Å²) in [5.41, 5.74) is 1.54. The van der Waals surface area contributed by atoms with Gasteiger partial charge in [0.15, 0.2) is 12.2 Å². The Bertz CT molecular complexity index is 419. The zero-order valence-corrected chi connectivity index (χ0v) is 8.06. The van der Waals surface area contributed by atoms with Gasteiger partial charge in [0.1, 0.15) is 11.4 Å². The van der Waals surface area contributed by atoms with E-state index in [4.69, 9.17) is 4.42 Å². The summed E-state index contributed by atoms with van der Waals surface area (Å²) < 4.78 is 6.88. The maximum absolute atomic E-state index is 5.25. The number of nitrogens with one attached hydrogen (secondary N) is 1. The second-order valence-corrected chi connectivity index (χ2v) is 2.94. The van der Waals surface area contributed by atoms with Crippen molar-refractivity contribution < 1.29 is 4.42 Å². The van der Waals surface area contributed by atoms with Gasteiger partial charge in [0.05, 0.1) is 6.20 Å². The van der Waals surface area contributed by atoms with Gasteiger partial charge in [-0.25, -0.2) is 4.98 Å². The van der Waals surface area contributed by atoms with Gasteiger partial charge in [0.2, 0.25) is 0 Å². The molecule has 2 aromatic heterocycles. The molecule has 0 bridgehead atoms. The SMILES string of the molecule is CNCc1ncoc1-c1cn(C)nn1. The summed E-state index contributed by atoms with van der Waals surface area (Å²) in [5, 5.41) is 10.8. The number of aryl methyl sites for hydroxylation is 1. The lowest BCUT2D eigenvalue weighted by atomic mass is 10.3. The minimum atomic E-state index is 0.655. The van der Waals surface area contributed by atoms with Crippen LogP contribution in [-0.2, 0) is 13.6 Å². The number of aromatic nitrogens is 4. The molecule has 0 aromatic carbocycles. The molecule has 74 valence electrons. The largest absolute Gasteiger partial charge is 0.441 e. The maximum atomic E-state index is 5.25. The molecule has 0 aliphatic carbocycles. The van der Waals surface area contributed by atoms with Gasteiger partial charge in [0, 0.05) is 13.6 Å². The molecule has 2 aromatic rings. The van der Waals surface area contributed by atoms with Gasteiger partial charge in [-0.1, -0.05) is 5.21 Å². The molecule has 1 N–H and O–H groups in total. The van der Waals surface area contributed by atoms with Crippen LogP contribution >= 0.6 is 0 Å².